The molecule has 1 fully saturated rings. The summed E-state index contributed by atoms with van der Waals surface area (Å²) >= 11 is 0. The van der Waals surface area contributed by atoms with Gasteiger partial charge in [0.2, 0.25) is 0 Å². The van der Waals surface area contributed by atoms with E-state index in [1.165, 1.54) is 6.07 Å². The van der Waals surface area contributed by atoms with Gasteiger partial charge in [-0.2, -0.15) is 0 Å². The maximum atomic E-state index is 13.5. The molecule has 1 aromatic heterocycles. The molecule has 0 amide bonds. The first-order valence-electron chi connectivity index (χ1n) is 8.22. The van der Waals surface area contributed by atoms with E-state index in [9.17, 15) is 4.39 Å². The lowest BCUT2D eigenvalue weighted by Gasteiger charge is -2.19. The van der Waals surface area contributed by atoms with Crippen molar-refractivity contribution in [1.82, 2.24) is 9.97 Å². The lowest BCUT2D eigenvalue weighted by molar-refractivity contribution is 0.193. The predicted molar refractivity (Wildman–Crippen MR) is 90.0 cm³/mol. The van der Waals surface area contributed by atoms with E-state index in [-0.39, 0.29) is 5.82 Å². The molecule has 0 bridgehead atoms. The minimum atomic E-state index is -0.329. The van der Waals surface area contributed by atoms with Gasteiger partial charge in [-0.15, -0.1) is 0 Å². The third-order valence-corrected chi connectivity index (χ3v) is 4.14. The Kier molecular flexibility index (Phi) is 5.59. The zero-order valence-corrected chi connectivity index (χ0v) is 13.8. The van der Waals surface area contributed by atoms with E-state index in [0.29, 0.717) is 18.3 Å². The van der Waals surface area contributed by atoms with Gasteiger partial charge >= 0.3 is 0 Å². The van der Waals surface area contributed by atoms with Crippen LogP contribution in [0.2, 0.25) is 0 Å². The zero-order chi connectivity index (χ0) is 16.8. The standard InChI is InChI=1S/C18H22FN3O2/c1-22(8-4-9-24-17-6-3-2-5-15(17)19)18-11-16(20-13-21-18)14-7-10-23-12-14/h2-3,5-6,11,13-14H,4,7-10,12H2,1H3/t14-/m1/s1. The zero-order valence-electron chi connectivity index (χ0n) is 13.8. The number of ether oxygens (including phenoxy) is 2. The molecule has 128 valence electrons. The van der Waals surface area contributed by atoms with E-state index in [1.807, 2.05) is 13.1 Å². The molecule has 1 aromatic carbocycles. The Labute approximate surface area is 141 Å². The average Bonchev–Trinajstić information content (AvgIpc) is 3.15. The van der Waals surface area contributed by atoms with Gasteiger partial charge in [-0.3, -0.25) is 0 Å². The maximum absolute atomic E-state index is 13.5. The molecule has 2 aromatic rings. The molecule has 0 N–H and O–H groups in total. The van der Waals surface area contributed by atoms with E-state index in [1.54, 1.807) is 24.5 Å². The van der Waals surface area contributed by atoms with Gasteiger partial charge in [-0.05, 0) is 25.0 Å². The Bertz CT molecular complexity index is 662. The van der Waals surface area contributed by atoms with Crippen LogP contribution in [0.15, 0.2) is 36.7 Å². The molecule has 0 saturated carbocycles. The third kappa shape index (κ3) is 4.20. The van der Waals surface area contributed by atoms with E-state index in [2.05, 4.69) is 14.9 Å². The summed E-state index contributed by atoms with van der Waals surface area (Å²) in [5.41, 5.74) is 1.03. The fourth-order valence-corrected chi connectivity index (χ4v) is 2.72. The normalized spacial score (nSPS) is 17.0. The highest BCUT2D eigenvalue weighted by Crippen LogP contribution is 2.25. The van der Waals surface area contributed by atoms with Crippen LogP contribution >= 0.6 is 0 Å². The lowest BCUT2D eigenvalue weighted by atomic mass is 10.0. The van der Waals surface area contributed by atoms with E-state index < -0.39 is 0 Å². The van der Waals surface area contributed by atoms with Crippen LogP contribution in [0, 0.1) is 5.82 Å². The monoisotopic (exact) mass is 331 g/mol. The highest BCUT2D eigenvalue weighted by Gasteiger charge is 2.20. The van der Waals surface area contributed by atoms with Crippen LogP contribution in [-0.4, -0.2) is 43.4 Å². The van der Waals surface area contributed by atoms with Crippen LogP contribution in [0.4, 0.5) is 10.2 Å². The second kappa shape index (κ2) is 8.06. The largest absolute Gasteiger partial charge is 0.490 e. The molecule has 1 atom stereocenters. The van der Waals surface area contributed by atoms with Crippen molar-refractivity contribution in [1.29, 1.82) is 0 Å². The van der Waals surface area contributed by atoms with Gasteiger partial charge in [0.15, 0.2) is 11.6 Å². The van der Waals surface area contributed by atoms with Crippen LogP contribution < -0.4 is 9.64 Å². The van der Waals surface area contributed by atoms with Crippen molar-refractivity contribution in [3.8, 4) is 5.75 Å². The summed E-state index contributed by atoms with van der Waals surface area (Å²) in [6.07, 6.45) is 3.39. The van der Waals surface area contributed by atoms with Gasteiger partial charge in [0.25, 0.3) is 0 Å². The Hall–Kier alpha value is -2.21. The predicted octanol–water partition coefficient (Wildman–Crippen LogP) is 3.02. The Morgan fingerprint density at radius 2 is 2.21 bits per heavy atom. The molecule has 0 unspecified atom stereocenters. The number of anilines is 1. The molecule has 1 aliphatic heterocycles. The highest BCUT2D eigenvalue weighted by molar-refractivity contribution is 5.38. The van der Waals surface area contributed by atoms with Crippen LogP contribution in [0.25, 0.3) is 0 Å². The van der Waals surface area contributed by atoms with Gasteiger partial charge in [0.05, 0.1) is 18.9 Å². The number of aromatic nitrogens is 2. The molecule has 0 radical (unpaired) electrons. The first kappa shape index (κ1) is 16.6. The highest BCUT2D eigenvalue weighted by atomic mass is 19.1. The number of benzene rings is 1. The van der Waals surface area contributed by atoms with Gasteiger partial charge in [-0.1, -0.05) is 12.1 Å². The number of para-hydroxylation sites is 1. The lowest BCUT2D eigenvalue weighted by Crippen LogP contribution is -2.22. The third-order valence-electron chi connectivity index (χ3n) is 4.14. The molecule has 5 nitrogen and oxygen atoms in total. The number of hydrogen-bond donors (Lipinski definition) is 0. The molecule has 2 heterocycles. The molecule has 0 aliphatic carbocycles. The van der Waals surface area contributed by atoms with Crippen molar-refractivity contribution in [3.05, 3.63) is 48.2 Å². The van der Waals surface area contributed by atoms with Crippen molar-refractivity contribution < 1.29 is 13.9 Å². The van der Waals surface area contributed by atoms with Gasteiger partial charge in [-0.25, -0.2) is 14.4 Å². The Balaban J connectivity index is 1.49. The number of rotatable bonds is 7. The SMILES string of the molecule is CN(CCCOc1ccccc1F)c1cc([C@@H]2CCOC2)ncn1. The Morgan fingerprint density at radius 3 is 3.00 bits per heavy atom. The second-order valence-electron chi connectivity index (χ2n) is 5.92. The van der Waals surface area contributed by atoms with E-state index in [0.717, 1.165) is 44.1 Å². The van der Waals surface area contributed by atoms with E-state index in [4.69, 9.17) is 9.47 Å². The summed E-state index contributed by atoms with van der Waals surface area (Å²) in [6, 6.07) is 8.48. The summed E-state index contributed by atoms with van der Waals surface area (Å²) in [6.45, 7) is 2.76. The molecular weight excluding hydrogens is 309 g/mol. The van der Waals surface area contributed by atoms with Crippen molar-refractivity contribution >= 4 is 5.82 Å². The fourth-order valence-electron chi connectivity index (χ4n) is 2.72. The maximum Gasteiger partial charge on any atom is 0.165 e. The summed E-state index contributed by atoms with van der Waals surface area (Å²) < 4.78 is 24.4. The van der Waals surface area contributed by atoms with Gasteiger partial charge < -0.3 is 14.4 Å². The van der Waals surface area contributed by atoms with Crippen molar-refractivity contribution in [3.63, 3.8) is 0 Å². The smallest absolute Gasteiger partial charge is 0.165 e. The molecular formula is C18H22FN3O2. The molecule has 0 spiro atoms. The minimum absolute atomic E-state index is 0.297. The van der Waals surface area contributed by atoms with Crippen LogP contribution in [0.1, 0.15) is 24.5 Å². The van der Waals surface area contributed by atoms with Crippen LogP contribution in [-0.2, 0) is 4.74 Å². The molecule has 3 rings (SSSR count). The van der Waals surface area contributed by atoms with Gasteiger partial charge in [0, 0.05) is 32.2 Å². The summed E-state index contributed by atoms with van der Waals surface area (Å²) in [5.74, 6) is 1.22. The fraction of sp³-hybridized carbons (Fsp3) is 0.444. The first-order valence-corrected chi connectivity index (χ1v) is 8.22. The molecule has 1 aliphatic rings. The number of hydrogen-bond acceptors (Lipinski definition) is 5. The average molecular weight is 331 g/mol. The number of nitrogens with zero attached hydrogens (tertiary/aromatic N) is 3. The van der Waals surface area contributed by atoms with E-state index >= 15 is 0 Å². The Morgan fingerprint density at radius 1 is 1.33 bits per heavy atom. The summed E-state index contributed by atoms with van der Waals surface area (Å²) in [5, 5.41) is 0. The second-order valence-corrected chi connectivity index (χ2v) is 5.92. The van der Waals surface area contributed by atoms with Gasteiger partial charge in [0.1, 0.15) is 12.1 Å². The quantitative estimate of drug-likeness (QED) is 0.730. The number of halogens is 1. The molecule has 1 saturated heterocycles. The molecule has 6 heteroatoms. The van der Waals surface area contributed by atoms with Crippen molar-refractivity contribution in [2.45, 2.75) is 18.8 Å². The topological polar surface area (TPSA) is 47.5 Å². The van der Waals surface area contributed by atoms with Crippen molar-refractivity contribution in [2.24, 2.45) is 0 Å². The van der Waals surface area contributed by atoms with Crippen LogP contribution in [0.5, 0.6) is 5.75 Å². The minimum Gasteiger partial charge on any atom is -0.490 e. The molecule has 24 heavy (non-hydrogen) atoms. The van der Waals surface area contributed by atoms with Crippen LogP contribution in [0.3, 0.4) is 0 Å². The summed E-state index contributed by atoms with van der Waals surface area (Å²) in [4.78, 5) is 10.8. The summed E-state index contributed by atoms with van der Waals surface area (Å²) in [7, 11) is 1.99. The van der Waals surface area contributed by atoms with Crippen molar-refractivity contribution in [2.75, 3.05) is 38.3 Å². The first-order chi connectivity index (χ1) is 11.7.